The fourth-order valence-electron chi connectivity index (χ4n) is 2.28. The summed E-state index contributed by atoms with van der Waals surface area (Å²) in [7, 11) is 2.23. The summed E-state index contributed by atoms with van der Waals surface area (Å²) < 4.78 is 0. The van der Waals surface area contributed by atoms with Crippen molar-refractivity contribution in [1.29, 1.82) is 0 Å². The van der Waals surface area contributed by atoms with E-state index >= 15 is 0 Å². The molecule has 2 heteroatoms. The minimum Gasteiger partial charge on any atom is -0.306 e. The standard InChI is InChI=1S/C11H20N2/c1-12-8-4-11(5-9-12)10-13-6-2-3-7-13/h2-3,11H,4-10H2,1H3. The molecular weight excluding hydrogens is 160 g/mol. The third kappa shape index (κ3) is 2.55. The summed E-state index contributed by atoms with van der Waals surface area (Å²) in [6.07, 6.45) is 7.36. The van der Waals surface area contributed by atoms with E-state index in [2.05, 4.69) is 29.0 Å². The van der Waals surface area contributed by atoms with Crippen LogP contribution in [0.1, 0.15) is 12.8 Å². The predicted molar refractivity (Wildman–Crippen MR) is 55.8 cm³/mol. The van der Waals surface area contributed by atoms with Gasteiger partial charge in [-0.2, -0.15) is 0 Å². The molecule has 0 aliphatic carbocycles. The van der Waals surface area contributed by atoms with Gasteiger partial charge in [0.2, 0.25) is 0 Å². The van der Waals surface area contributed by atoms with Gasteiger partial charge in [-0.3, -0.25) is 4.90 Å². The van der Waals surface area contributed by atoms with Crippen molar-refractivity contribution in [2.45, 2.75) is 12.8 Å². The van der Waals surface area contributed by atoms with E-state index < -0.39 is 0 Å². The van der Waals surface area contributed by atoms with Crippen LogP contribution in [0.4, 0.5) is 0 Å². The zero-order valence-corrected chi connectivity index (χ0v) is 8.58. The maximum atomic E-state index is 2.55. The van der Waals surface area contributed by atoms with Crippen LogP contribution >= 0.6 is 0 Å². The van der Waals surface area contributed by atoms with Gasteiger partial charge in [0.25, 0.3) is 0 Å². The molecule has 13 heavy (non-hydrogen) atoms. The van der Waals surface area contributed by atoms with E-state index in [1.54, 1.807) is 0 Å². The lowest BCUT2D eigenvalue weighted by Crippen LogP contribution is -2.36. The van der Waals surface area contributed by atoms with Crippen molar-refractivity contribution in [3.05, 3.63) is 12.2 Å². The molecule has 2 heterocycles. The van der Waals surface area contributed by atoms with Crippen LogP contribution in [0.5, 0.6) is 0 Å². The smallest absolute Gasteiger partial charge is 0.0167 e. The number of piperidine rings is 1. The van der Waals surface area contributed by atoms with Gasteiger partial charge in [0, 0.05) is 19.6 Å². The van der Waals surface area contributed by atoms with E-state index in [1.165, 1.54) is 45.6 Å². The molecule has 74 valence electrons. The summed E-state index contributed by atoms with van der Waals surface area (Å²) in [5.41, 5.74) is 0. The Kier molecular flexibility index (Phi) is 3.01. The first-order valence-electron chi connectivity index (χ1n) is 5.40. The molecule has 2 aliphatic heterocycles. The maximum Gasteiger partial charge on any atom is 0.0167 e. The molecule has 0 unspecified atom stereocenters. The third-order valence-electron chi connectivity index (χ3n) is 3.25. The average molecular weight is 180 g/mol. The Balaban J connectivity index is 1.70. The van der Waals surface area contributed by atoms with Gasteiger partial charge in [-0.05, 0) is 38.9 Å². The summed E-state index contributed by atoms with van der Waals surface area (Å²) in [5.74, 6) is 0.955. The SMILES string of the molecule is CN1CCC(CN2CC=CC2)CC1. The zero-order chi connectivity index (χ0) is 9.10. The van der Waals surface area contributed by atoms with Crippen molar-refractivity contribution in [2.24, 2.45) is 5.92 Å². The van der Waals surface area contributed by atoms with E-state index in [4.69, 9.17) is 0 Å². The summed E-state index contributed by atoms with van der Waals surface area (Å²) in [4.78, 5) is 4.99. The van der Waals surface area contributed by atoms with E-state index in [-0.39, 0.29) is 0 Å². The van der Waals surface area contributed by atoms with Crippen LogP contribution in [0.3, 0.4) is 0 Å². The monoisotopic (exact) mass is 180 g/mol. The van der Waals surface area contributed by atoms with Crippen LogP contribution < -0.4 is 0 Å². The van der Waals surface area contributed by atoms with E-state index in [0.717, 1.165) is 5.92 Å². The van der Waals surface area contributed by atoms with Crippen molar-refractivity contribution >= 4 is 0 Å². The normalized spacial score (nSPS) is 27.2. The fraction of sp³-hybridized carbons (Fsp3) is 0.818. The summed E-state index contributed by atoms with van der Waals surface area (Å²) in [6, 6.07) is 0. The molecule has 0 radical (unpaired) electrons. The van der Waals surface area contributed by atoms with Crippen LogP contribution in [0.2, 0.25) is 0 Å². The van der Waals surface area contributed by atoms with Crippen LogP contribution in [-0.2, 0) is 0 Å². The largest absolute Gasteiger partial charge is 0.306 e. The average Bonchev–Trinajstić information content (AvgIpc) is 2.62. The summed E-state index contributed by atoms with van der Waals surface area (Å²) in [6.45, 7) is 6.29. The topological polar surface area (TPSA) is 6.48 Å². The second-order valence-corrected chi connectivity index (χ2v) is 4.44. The highest BCUT2D eigenvalue weighted by atomic mass is 15.1. The van der Waals surface area contributed by atoms with Crippen molar-refractivity contribution in [2.75, 3.05) is 39.8 Å². The van der Waals surface area contributed by atoms with Gasteiger partial charge in [-0.1, -0.05) is 12.2 Å². The molecule has 0 N–H and O–H groups in total. The van der Waals surface area contributed by atoms with Gasteiger partial charge in [0.1, 0.15) is 0 Å². The summed E-state index contributed by atoms with van der Waals surface area (Å²) in [5, 5.41) is 0. The van der Waals surface area contributed by atoms with E-state index in [0.29, 0.717) is 0 Å². The van der Waals surface area contributed by atoms with Gasteiger partial charge in [0.05, 0.1) is 0 Å². The van der Waals surface area contributed by atoms with Crippen molar-refractivity contribution in [3.8, 4) is 0 Å². The lowest BCUT2D eigenvalue weighted by Gasteiger charge is -2.31. The molecule has 0 aromatic carbocycles. The van der Waals surface area contributed by atoms with Gasteiger partial charge in [-0.25, -0.2) is 0 Å². The minimum absolute atomic E-state index is 0.955. The molecule has 0 atom stereocenters. The van der Waals surface area contributed by atoms with Gasteiger partial charge >= 0.3 is 0 Å². The molecule has 2 aliphatic rings. The van der Waals surface area contributed by atoms with Gasteiger partial charge in [-0.15, -0.1) is 0 Å². The second-order valence-electron chi connectivity index (χ2n) is 4.44. The molecule has 1 saturated heterocycles. The Hall–Kier alpha value is -0.340. The maximum absolute atomic E-state index is 2.55. The first-order chi connectivity index (χ1) is 6.34. The number of nitrogens with zero attached hydrogens (tertiary/aromatic N) is 2. The molecule has 0 bridgehead atoms. The third-order valence-corrected chi connectivity index (χ3v) is 3.25. The van der Waals surface area contributed by atoms with Crippen molar-refractivity contribution in [3.63, 3.8) is 0 Å². The Morgan fingerprint density at radius 3 is 2.38 bits per heavy atom. The molecule has 0 aromatic rings. The Bertz CT molecular complexity index is 173. The number of rotatable bonds is 2. The fourth-order valence-corrected chi connectivity index (χ4v) is 2.28. The number of hydrogen-bond donors (Lipinski definition) is 0. The molecule has 0 spiro atoms. The number of hydrogen-bond acceptors (Lipinski definition) is 2. The van der Waals surface area contributed by atoms with Gasteiger partial charge < -0.3 is 4.90 Å². The molecule has 0 saturated carbocycles. The Labute approximate surface area is 81.2 Å². The number of likely N-dealkylation sites (tertiary alicyclic amines) is 1. The predicted octanol–water partition coefficient (Wildman–Crippen LogP) is 1.20. The van der Waals surface area contributed by atoms with Crippen LogP contribution in [0.15, 0.2) is 12.2 Å². The molecule has 0 aromatic heterocycles. The lowest BCUT2D eigenvalue weighted by molar-refractivity contribution is 0.179. The quantitative estimate of drug-likeness (QED) is 0.589. The zero-order valence-electron chi connectivity index (χ0n) is 8.58. The highest BCUT2D eigenvalue weighted by Crippen LogP contribution is 2.17. The molecule has 2 nitrogen and oxygen atoms in total. The van der Waals surface area contributed by atoms with E-state index in [1.807, 2.05) is 0 Å². The highest BCUT2D eigenvalue weighted by Gasteiger charge is 2.19. The Morgan fingerprint density at radius 2 is 1.77 bits per heavy atom. The van der Waals surface area contributed by atoms with Crippen molar-refractivity contribution < 1.29 is 0 Å². The molecule has 2 rings (SSSR count). The molecular formula is C11H20N2. The molecule has 0 amide bonds. The first-order valence-corrected chi connectivity index (χ1v) is 5.40. The van der Waals surface area contributed by atoms with Crippen LogP contribution in [0.25, 0.3) is 0 Å². The van der Waals surface area contributed by atoms with Crippen LogP contribution in [0, 0.1) is 5.92 Å². The minimum atomic E-state index is 0.955. The summed E-state index contributed by atoms with van der Waals surface area (Å²) >= 11 is 0. The second kappa shape index (κ2) is 4.25. The highest BCUT2D eigenvalue weighted by molar-refractivity contribution is 4.95. The van der Waals surface area contributed by atoms with Gasteiger partial charge in [0.15, 0.2) is 0 Å². The van der Waals surface area contributed by atoms with Crippen LogP contribution in [-0.4, -0.2) is 49.6 Å². The Morgan fingerprint density at radius 1 is 1.15 bits per heavy atom. The first kappa shape index (κ1) is 9.22. The molecule has 1 fully saturated rings. The lowest BCUT2D eigenvalue weighted by atomic mass is 9.97. The van der Waals surface area contributed by atoms with E-state index in [9.17, 15) is 0 Å². The van der Waals surface area contributed by atoms with Crippen molar-refractivity contribution in [1.82, 2.24) is 9.80 Å².